The summed E-state index contributed by atoms with van der Waals surface area (Å²) >= 11 is 0. The number of nitrogen functional groups attached to an aromatic ring is 1. The monoisotopic (exact) mass is 187 g/mol. The van der Waals surface area contributed by atoms with Gasteiger partial charge in [-0.05, 0) is 37.5 Å². The molecule has 0 radical (unpaired) electrons. The summed E-state index contributed by atoms with van der Waals surface area (Å²) < 4.78 is 2.12. The molecule has 1 aromatic heterocycles. The van der Waals surface area contributed by atoms with E-state index in [0.29, 0.717) is 6.04 Å². The van der Waals surface area contributed by atoms with Crippen LogP contribution in [-0.2, 0) is 0 Å². The summed E-state index contributed by atoms with van der Waals surface area (Å²) in [6.45, 7) is 0. The maximum absolute atomic E-state index is 5.77. The molecule has 1 saturated carbocycles. The van der Waals surface area contributed by atoms with Crippen molar-refractivity contribution in [1.82, 2.24) is 9.78 Å². The van der Waals surface area contributed by atoms with Gasteiger partial charge in [0.2, 0.25) is 0 Å². The zero-order valence-electron chi connectivity index (χ0n) is 7.98. The molecule has 0 unspecified atom stereocenters. The van der Waals surface area contributed by atoms with Crippen molar-refractivity contribution < 1.29 is 0 Å². The molecule has 2 N–H and O–H groups in total. The smallest absolute Gasteiger partial charge is 0.0706 e. The molecular weight excluding hydrogens is 174 g/mol. The third kappa shape index (κ3) is 1.02. The van der Waals surface area contributed by atoms with Crippen molar-refractivity contribution in [3.8, 4) is 0 Å². The van der Waals surface area contributed by atoms with E-state index < -0.39 is 0 Å². The fourth-order valence-electron chi connectivity index (χ4n) is 1.98. The van der Waals surface area contributed by atoms with Crippen LogP contribution in [0, 0.1) is 0 Å². The molecular formula is C11H13N3. The molecule has 0 atom stereocenters. The van der Waals surface area contributed by atoms with Crippen LogP contribution in [0.2, 0.25) is 0 Å². The Labute approximate surface area is 82.5 Å². The minimum atomic E-state index is 0.606. The van der Waals surface area contributed by atoms with Gasteiger partial charge in [0, 0.05) is 11.1 Å². The average molecular weight is 187 g/mol. The number of benzene rings is 1. The normalized spacial score (nSPS) is 17.1. The molecule has 3 rings (SSSR count). The van der Waals surface area contributed by atoms with E-state index >= 15 is 0 Å². The summed E-state index contributed by atoms with van der Waals surface area (Å²) in [4.78, 5) is 0. The van der Waals surface area contributed by atoms with Crippen LogP contribution < -0.4 is 5.73 Å². The van der Waals surface area contributed by atoms with Gasteiger partial charge in [-0.3, -0.25) is 4.68 Å². The van der Waals surface area contributed by atoms with Crippen LogP contribution in [0.15, 0.2) is 24.4 Å². The standard InChI is InChI=1S/C11H13N3/c12-9-5-4-8-7-13-14(11(8)6-9)10-2-1-3-10/h4-7,10H,1-3,12H2. The first-order valence-electron chi connectivity index (χ1n) is 5.07. The maximum Gasteiger partial charge on any atom is 0.0706 e. The second-order valence-electron chi connectivity index (χ2n) is 3.99. The molecule has 3 nitrogen and oxygen atoms in total. The van der Waals surface area contributed by atoms with Crippen molar-refractivity contribution in [2.45, 2.75) is 25.3 Å². The summed E-state index contributed by atoms with van der Waals surface area (Å²) in [5.74, 6) is 0. The van der Waals surface area contributed by atoms with E-state index in [1.807, 2.05) is 24.4 Å². The Balaban J connectivity index is 2.18. The number of aromatic nitrogens is 2. The lowest BCUT2D eigenvalue weighted by Gasteiger charge is -2.26. The largest absolute Gasteiger partial charge is 0.399 e. The van der Waals surface area contributed by atoms with Gasteiger partial charge in [0.1, 0.15) is 0 Å². The van der Waals surface area contributed by atoms with E-state index in [-0.39, 0.29) is 0 Å². The molecule has 72 valence electrons. The van der Waals surface area contributed by atoms with E-state index in [1.165, 1.54) is 30.2 Å². The highest BCUT2D eigenvalue weighted by Crippen LogP contribution is 2.33. The van der Waals surface area contributed by atoms with Gasteiger partial charge in [0.15, 0.2) is 0 Å². The summed E-state index contributed by atoms with van der Waals surface area (Å²) in [5.41, 5.74) is 7.76. The third-order valence-corrected chi connectivity index (χ3v) is 3.04. The van der Waals surface area contributed by atoms with Crippen LogP contribution in [0.25, 0.3) is 10.9 Å². The first-order valence-corrected chi connectivity index (χ1v) is 5.07. The highest BCUT2D eigenvalue weighted by Gasteiger charge is 2.21. The molecule has 1 aliphatic rings. The second kappa shape index (κ2) is 2.74. The molecule has 0 aliphatic heterocycles. The molecule has 0 bridgehead atoms. The first kappa shape index (κ1) is 7.85. The Kier molecular flexibility index (Phi) is 1.54. The fourth-order valence-corrected chi connectivity index (χ4v) is 1.98. The molecule has 1 aromatic carbocycles. The molecule has 1 heterocycles. The minimum Gasteiger partial charge on any atom is -0.399 e. The average Bonchev–Trinajstić information content (AvgIpc) is 2.46. The number of hydrogen-bond acceptors (Lipinski definition) is 2. The molecule has 14 heavy (non-hydrogen) atoms. The van der Waals surface area contributed by atoms with Crippen molar-refractivity contribution in [1.29, 1.82) is 0 Å². The van der Waals surface area contributed by atoms with E-state index in [1.54, 1.807) is 0 Å². The molecule has 3 heteroatoms. The Morgan fingerprint density at radius 1 is 1.36 bits per heavy atom. The highest BCUT2D eigenvalue weighted by atomic mass is 15.3. The predicted octanol–water partition coefficient (Wildman–Crippen LogP) is 2.34. The van der Waals surface area contributed by atoms with Crippen LogP contribution in [0.1, 0.15) is 25.3 Å². The predicted molar refractivity (Wildman–Crippen MR) is 57.0 cm³/mol. The number of nitrogens with two attached hydrogens (primary N) is 1. The second-order valence-corrected chi connectivity index (χ2v) is 3.99. The highest BCUT2D eigenvalue weighted by molar-refractivity contribution is 5.81. The van der Waals surface area contributed by atoms with E-state index in [0.717, 1.165) is 5.69 Å². The van der Waals surface area contributed by atoms with Crippen molar-refractivity contribution in [3.63, 3.8) is 0 Å². The quantitative estimate of drug-likeness (QED) is 0.696. The summed E-state index contributed by atoms with van der Waals surface area (Å²) in [6, 6.07) is 6.58. The molecule has 2 aromatic rings. The van der Waals surface area contributed by atoms with Crippen molar-refractivity contribution in [3.05, 3.63) is 24.4 Å². The maximum atomic E-state index is 5.77. The van der Waals surface area contributed by atoms with Crippen LogP contribution in [0.5, 0.6) is 0 Å². The number of rotatable bonds is 1. The Morgan fingerprint density at radius 3 is 2.93 bits per heavy atom. The van der Waals surface area contributed by atoms with Gasteiger partial charge in [-0.2, -0.15) is 5.10 Å². The van der Waals surface area contributed by atoms with Gasteiger partial charge >= 0.3 is 0 Å². The topological polar surface area (TPSA) is 43.8 Å². The van der Waals surface area contributed by atoms with Crippen molar-refractivity contribution in [2.75, 3.05) is 5.73 Å². The number of anilines is 1. The molecule has 0 amide bonds. The van der Waals surface area contributed by atoms with Gasteiger partial charge in [0.05, 0.1) is 17.8 Å². The summed E-state index contributed by atoms with van der Waals surface area (Å²) in [7, 11) is 0. The molecule has 0 spiro atoms. The SMILES string of the molecule is Nc1ccc2cnn(C3CCC3)c2c1. The van der Waals surface area contributed by atoms with Crippen LogP contribution >= 0.6 is 0 Å². The van der Waals surface area contributed by atoms with Gasteiger partial charge in [-0.1, -0.05) is 0 Å². The zero-order valence-corrected chi connectivity index (χ0v) is 7.98. The van der Waals surface area contributed by atoms with Crippen LogP contribution in [0.3, 0.4) is 0 Å². The molecule has 1 aliphatic carbocycles. The number of fused-ring (bicyclic) bond motifs is 1. The number of hydrogen-bond donors (Lipinski definition) is 1. The van der Waals surface area contributed by atoms with E-state index in [2.05, 4.69) is 9.78 Å². The molecule has 0 saturated heterocycles. The van der Waals surface area contributed by atoms with Crippen LogP contribution in [0.4, 0.5) is 5.69 Å². The number of nitrogens with zero attached hydrogens (tertiary/aromatic N) is 2. The van der Waals surface area contributed by atoms with Gasteiger partial charge < -0.3 is 5.73 Å². The lowest BCUT2D eigenvalue weighted by Crippen LogP contribution is -2.17. The van der Waals surface area contributed by atoms with Gasteiger partial charge in [0.25, 0.3) is 0 Å². The lowest BCUT2D eigenvalue weighted by atomic mass is 9.93. The van der Waals surface area contributed by atoms with Crippen molar-refractivity contribution >= 4 is 16.6 Å². The van der Waals surface area contributed by atoms with Crippen molar-refractivity contribution in [2.24, 2.45) is 0 Å². The Hall–Kier alpha value is -1.51. The third-order valence-electron chi connectivity index (χ3n) is 3.04. The summed E-state index contributed by atoms with van der Waals surface area (Å²) in [6.07, 6.45) is 5.76. The van der Waals surface area contributed by atoms with E-state index in [4.69, 9.17) is 5.73 Å². The van der Waals surface area contributed by atoms with E-state index in [9.17, 15) is 0 Å². The molecule has 1 fully saturated rings. The summed E-state index contributed by atoms with van der Waals surface area (Å²) in [5, 5.41) is 5.61. The first-order chi connectivity index (χ1) is 6.84. The lowest BCUT2D eigenvalue weighted by molar-refractivity contribution is 0.297. The van der Waals surface area contributed by atoms with Gasteiger partial charge in [-0.25, -0.2) is 0 Å². The zero-order chi connectivity index (χ0) is 9.54. The van der Waals surface area contributed by atoms with Crippen LogP contribution in [-0.4, -0.2) is 9.78 Å². The minimum absolute atomic E-state index is 0.606. The Morgan fingerprint density at radius 2 is 2.21 bits per heavy atom. The Bertz CT molecular complexity index is 468. The van der Waals surface area contributed by atoms with Gasteiger partial charge in [-0.15, -0.1) is 0 Å². The fraction of sp³-hybridized carbons (Fsp3) is 0.364.